The Bertz CT molecular complexity index is 164. The molecule has 2 nitrogen and oxygen atoms in total. The van der Waals surface area contributed by atoms with Gasteiger partial charge in [-0.15, -0.1) is 0 Å². The first-order chi connectivity index (χ1) is 7.09. The van der Waals surface area contributed by atoms with E-state index in [-0.39, 0.29) is 0 Å². The Morgan fingerprint density at radius 3 is 2.27 bits per heavy atom. The minimum absolute atomic E-state index is 0.641. The Labute approximate surface area is 94.8 Å². The van der Waals surface area contributed by atoms with Crippen LogP contribution in [0.1, 0.15) is 47.0 Å². The molecule has 1 aliphatic rings. The highest BCUT2D eigenvalue weighted by atomic mass is 16.5. The van der Waals surface area contributed by atoms with Crippen molar-refractivity contribution >= 4 is 0 Å². The third-order valence-electron chi connectivity index (χ3n) is 3.35. The molecule has 1 fully saturated rings. The van der Waals surface area contributed by atoms with Crippen molar-refractivity contribution < 1.29 is 4.74 Å². The summed E-state index contributed by atoms with van der Waals surface area (Å²) in [6.07, 6.45) is 3.72. The molecule has 1 heterocycles. The second kappa shape index (κ2) is 6.49. The standard InChI is InChI=1S/C13H27NO/c1-10(2)9-11(3)14-12(4)13-5-7-15-8-6-13/h10-14H,5-9H2,1-4H3. The zero-order chi connectivity index (χ0) is 11.3. The SMILES string of the molecule is CC(C)CC(C)NC(C)C1CCOCC1. The molecule has 0 aromatic rings. The van der Waals surface area contributed by atoms with Gasteiger partial charge in [0.05, 0.1) is 0 Å². The minimum atomic E-state index is 0.641. The van der Waals surface area contributed by atoms with Crippen molar-refractivity contribution in [3.8, 4) is 0 Å². The summed E-state index contributed by atoms with van der Waals surface area (Å²) < 4.78 is 5.39. The van der Waals surface area contributed by atoms with Gasteiger partial charge < -0.3 is 10.1 Å². The minimum Gasteiger partial charge on any atom is -0.381 e. The Hall–Kier alpha value is -0.0800. The van der Waals surface area contributed by atoms with Crippen LogP contribution in [0.15, 0.2) is 0 Å². The van der Waals surface area contributed by atoms with Gasteiger partial charge in [-0.25, -0.2) is 0 Å². The molecule has 15 heavy (non-hydrogen) atoms. The molecule has 0 amide bonds. The Balaban J connectivity index is 2.23. The van der Waals surface area contributed by atoms with E-state index in [1.165, 1.54) is 19.3 Å². The first kappa shape index (κ1) is 13.0. The lowest BCUT2D eigenvalue weighted by atomic mass is 9.92. The van der Waals surface area contributed by atoms with Crippen molar-refractivity contribution in [3.05, 3.63) is 0 Å². The molecule has 0 saturated carbocycles. The molecular weight excluding hydrogens is 186 g/mol. The lowest BCUT2D eigenvalue weighted by Gasteiger charge is -2.31. The van der Waals surface area contributed by atoms with Crippen molar-refractivity contribution in [2.45, 2.75) is 59.0 Å². The molecule has 0 radical (unpaired) electrons. The van der Waals surface area contributed by atoms with Gasteiger partial charge in [-0.3, -0.25) is 0 Å². The van der Waals surface area contributed by atoms with Gasteiger partial charge in [-0.1, -0.05) is 13.8 Å². The summed E-state index contributed by atoms with van der Waals surface area (Å²) in [5, 5.41) is 3.73. The Kier molecular flexibility index (Phi) is 5.62. The van der Waals surface area contributed by atoms with E-state index in [1.807, 2.05) is 0 Å². The molecule has 0 bridgehead atoms. The Morgan fingerprint density at radius 1 is 1.13 bits per heavy atom. The highest BCUT2D eigenvalue weighted by molar-refractivity contribution is 4.77. The van der Waals surface area contributed by atoms with Gasteiger partial charge in [0.1, 0.15) is 0 Å². The monoisotopic (exact) mass is 213 g/mol. The Morgan fingerprint density at radius 2 is 1.73 bits per heavy atom. The normalized spacial score (nSPS) is 23.0. The van der Waals surface area contributed by atoms with Gasteiger partial charge in [0.15, 0.2) is 0 Å². The van der Waals surface area contributed by atoms with Crippen LogP contribution >= 0.6 is 0 Å². The van der Waals surface area contributed by atoms with E-state index in [0.29, 0.717) is 12.1 Å². The van der Waals surface area contributed by atoms with Crippen molar-refractivity contribution in [2.75, 3.05) is 13.2 Å². The molecule has 1 rings (SSSR count). The second-order valence-electron chi connectivity index (χ2n) is 5.44. The van der Waals surface area contributed by atoms with Gasteiger partial charge in [0.25, 0.3) is 0 Å². The second-order valence-corrected chi connectivity index (χ2v) is 5.44. The summed E-state index contributed by atoms with van der Waals surface area (Å²) in [7, 11) is 0. The molecule has 1 saturated heterocycles. The highest BCUT2D eigenvalue weighted by Gasteiger charge is 2.21. The number of ether oxygens (including phenoxy) is 1. The van der Waals surface area contributed by atoms with Crippen molar-refractivity contribution in [1.82, 2.24) is 5.32 Å². The maximum atomic E-state index is 5.39. The highest BCUT2D eigenvalue weighted by Crippen LogP contribution is 2.19. The van der Waals surface area contributed by atoms with Gasteiger partial charge in [0.2, 0.25) is 0 Å². The number of hydrogen-bond acceptors (Lipinski definition) is 2. The van der Waals surface area contributed by atoms with E-state index < -0.39 is 0 Å². The molecule has 0 spiro atoms. The molecular formula is C13H27NO. The molecule has 0 aromatic carbocycles. The van der Waals surface area contributed by atoms with Gasteiger partial charge in [0, 0.05) is 25.3 Å². The molecule has 90 valence electrons. The van der Waals surface area contributed by atoms with Crippen LogP contribution in [0.4, 0.5) is 0 Å². The molecule has 0 aromatic heterocycles. The molecule has 1 N–H and O–H groups in total. The van der Waals surface area contributed by atoms with Gasteiger partial charge in [-0.05, 0) is 44.9 Å². The van der Waals surface area contributed by atoms with Crippen LogP contribution in [0, 0.1) is 11.8 Å². The van der Waals surface area contributed by atoms with Crippen LogP contribution in [0.3, 0.4) is 0 Å². The van der Waals surface area contributed by atoms with E-state index in [2.05, 4.69) is 33.0 Å². The predicted molar refractivity (Wildman–Crippen MR) is 65.1 cm³/mol. The van der Waals surface area contributed by atoms with Crippen LogP contribution in [0.5, 0.6) is 0 Å². The first-order valence-corrected chi connectivity index (χ1v) is 6.43. The smallest absolute Gasteiger partial charge is 0.0469 e. The lowest BCUT2D eigenvalue weighted by molar-refractivity contribution is 0.0543. The summed E-state index contributed by atoms with van der Waals surface area (Å²) in [4.78, 5) is 0. The van der Waals surface area contributed by atoms with E-state index in [9.17, 15) is 0 Å². The van der Waals surface area contributed by atoms with Crippen molar-refractivity contribution in [2.24, 2.45) is 11.8 Å². The molecule has 2 unspecified atom stereocenters. The number of nitrogens with one attached hydrogen (secondary N) is 1. The average molecular weight is 213 g/mol. The summed E-state index contributed by atoms with van der Waals surface area (Å²) >= 11 is 0. The summed E-state index contributed by atoms with van der Waals surface area (Å²) in [5.41, 5.74) is 0. The van der Waals surface area contributed by atoms with Gasteiger partial charge in [-0.2, -0.15) is 0 Å². The fourth-order valence-electron chi connectivity index (χ4n) is 2.58. The maximum Gasteiger partial charge on any atom is 0.0469 e. The zero-order valence-corrected chi connectivity index (χ0v) is 10.8. The zero-order valence-electron chi connectivity index (χ0n) is 10.8. The molecule has 2 heteroatoms. The fraction of sp³-hybridized carbons (Fsp3) is 1.00. The third kappa shape index (κ3) is 4.98. The summed E-state index contributed by atoms with van der Waals surface area (Å²) in [5.74, 6) is 1.60. The number of rotatable bonds is 5. The summed E-state index contributed by atoms with van der Waals surface area (Å²) in [6.45, 7) is 11.1. The largest absolute Gasteiger partial charge is 0.381 e. The van der Waals surface area contributed by atoms with Crippen LogP contribution in [-0.2, 0) is 4.74 Å². The van der Waals surface area contributed by atoms with Crippen molar-refractivity contribution in [1.29, 1.82) is 0 Å². The fourth-order valence-corrected chi connectivity index (χ4v) is 2.58. The van der Waals surface area contributed by atoms with Crippen LogP contribution in [0.25, 0.3) is 0 Å². The van der Waals surface area contributed by atoms with E-state index in [4.69, 9.17) is 4.74 Å². The molecule has 0 aliphatic carbocycles. The summed E-state index contributed by atoms with van der Waals surface area (Å²) in [6, 6.07) is 1.28. The predicted octanol–water partition coefficient (Wildman–Crippen LogP) is 2.83. The molecule has 1 aliphatic heterocycles. The van der Waals surface area contributed by atoms with E-state index in [0.717, 1.165) is 25.0 Å². The quantitative estimate of drug-likeness (QED) is 0.758. The number of hydrogen-bond donors (Lipinski definition) is 1. The van der Waals surface area contributed by atoms with Crippen LogP contribution in [-0.4, -0.2) is 25.3 Å². The van der Waals surface area contributed by atoms with E-state index in [1.54, 1.807) is 0 Å². The third-order valence-corrected chi connectivity index (χ3v) is 3.35. The van der Waals surface area contributed by atoms with Crippen LogP contribution in [0.2, 0.25) is 0 Å². The van der Waals surface area contributed by atoms with Crippen LogP contribution < -0.4 is 5.32 Å². The average Bonchev–Trinajstić information content (AvgIpc) is 2.17. The van der Waals surface area contributed by atoms with Crippen molar-refractivity contribution in [3.63, 3.8) is 0 Å². The first-order valence-electron chi connectivity index (χ1n) is 6.43. The molecule has 2 atom stereocenters. The lowest BCUT2D eigenvalue weighted by Crippen LogP contribution is -2.41. The van der Waals surface area contributed by atoms with Gasteiger partial charge >= 0.3 is 0 Å². The topological polar surface area (TPSA) is 21.3 Å². The van der Waals surface area contributed by atoms with E-state index >= 15 is 0 Å². The maximum absolute atomic E-state index is 5.39.